The van der Waals surface area contributed by atoms with Crippen molar-refractivity contribution in [2.45, 2.75) is 17.7 Å². The second-order valence-electron chi connectivity index (χ2n) is 4.98. The Kier molecular flexibility index (Phi) is 4.60. The van der Waals surface area contributed by atoms with Gasteiger partial charge < -0.3 is 10.2 Å². The maximum atomic E-state index is 13.8. The number of carboxylic acids is 1. The average molecular weight is 317 g/mol. The van der Waals surface area contributed by atoms with Crippen molar-refractivity contribution >= 4 is 16.0 Å². The molecular formula is C13H16FNO5S. The molecule has 1 aliphatic rings. The Morgan fingerprint density at radius 1 is 1.43 bits per heavy atom. The number of rotatable bonds is 5. The number of hydrogen-bond acceptors (Lipinski definition) is 4. The van der Waals surface area contributed by atoms with Crippen LogP contribution >= 0.6 is 0 Å². The predicted molar refractivity (Wildman–Crippen MR) is 71.9 cm³/mol. The van der Waals surface area contributed by atoms with Crippen molar-refractivity contribution in [1.29, 1.82) is 0 Å². The molecule has 2 N–H and O–H groups in total. The van der Waals surface area contributed by atoms with Crippen LogP contribution in [0.1, 0.15) is 23.2 Å². The fourth-order valence-corrected chi connectivity index (χ4v) is 4.03. The molecule has 1 aliphatic heterocycles. The number of aliphatic hydroxyl groups is 1. The largest absolute Gasteiger partial charge is 0.478 e. The van der Waals surface area contributed by atoms with Crippen molar-refractivity contribution in [3.8, 4) is 0 Å². The fourth-order valence-electron chi connectivity index (χ4n) is 2.41. The number of sulfonamides is 1. The molecule has 1 fully saturated rings. The molecule has 0 amide bonds. The number of benzene rings is 1. The molecule has 0 bridgehead atoms. The lowest BCUT2D eigenvalue weighted by molar-refractivity contribution is 0.0696. The van der Waals surface area contributed by atoms with E-state index in [1.165, 1.54) is 0 Å². The molecule has 1 saturated heterocycles. The van der Waals surface area contributed by atoms with Gasteiger partial charge in [-0.25, -0.2) is 17.6 Å². The standard InChI is InChI=1S/C13H16FNO5S/c14-11-2-1-10(13(17)18)7-12(11)21(19,20)15-5-3-9(8-15)4-6-16/h1-2,7,9,16H,3-6,8H2,(H,17,18). The monoisotopic (exact) mass is 317 g/mol. The number of hydrogen-bond donors (Lipinski definition) is 2. The number of nitrogens with zero attached hydrogens (tertiary/aromatic N) is 1. The van der Waals surface area contributed by atoms with E-state index in [-0.39, 0.29) is 31.2 Å². The minimum absolute atomic E-state index is 0.0264. The van der Waals surface area contributed by atoms with E-state index in [1.54, 1.807) is 0 Å². The van der Waals surface area contributed by atoms with Crippen LogP contribution in [0.25, 0.3) is 0 Å². The third kappa shape index (κ3) is 3.22. The Bertz CT molecular complexity index is 646. The van der Waals surface area contributed by atoms with Crippen molar-refractivity contribution in [2.75, 3.05) is 19.7 Å². The van der Waals surface area contributed by atoms with Crippen LogP contribution in [0.4, 0.5) is 4.39 Å². The highest BCUT2D eigenvalue weighted by Crippen LogP contribution is 2.27. The predicted octanol–water partition coefficient (Wildman–Crippen LogP) is 0.917. The van der Waals surface area contributed by atoms with Gasteiger partial charge in [0.05, 0.1) is 5.56 Å². The summed E-state index contributed by atoms with van der Waals surface area (Å²) in [5, 5.41) is 17.8. The second-order valence-corrected chi connectivity index (χ2v) is 6.89. The number of aliphatic hydroxyl groups excluding tert-OH is 1. The molecule has 0 saturated carbocycles. The van der Waals surface area contributed by atoms with Crippen molar-refractivity contribution in [1.82, 2.24) is 4.31 Å². The van der Waals surface area contributed by atoms with Gasteiger partial charge in [-0.1, -0.05) is 0 Å². The molecule has 21 heavy (non-hydrogen) atoms. The third-order valence-corrected chi connectivity index (χ3v) is 5.46. The van der Waals surface area contributed by atoms with E-state index in [0.717, 1.165) is 22.5 Å². The van der Waals surface area contributed by atoms with Gasteiger partial charge in [0, 0.05) is 19.7 Å². The lowest BCUT2D eigenvalue weighted by Crippen LogP contribution is -2.30. The zero-order valence-corrected chi connectivity index (χ0v) is 12.0. The molecule has 1 aromatic carbocycles. The zero-order valence-electron chi connectivity index (χ0n) is 11.2. The van der Waals surface area contributed by atoms with E-state index in [1.807, 2.05) is 0 Å². The Morgan fingerprint density at radius 2 is 2.14 bits per heavy atom. The summed E-state index contributed by atoms with van der Waals surface area (Å²) in [5.41, 5.74) is -0.277. The highest BCUT2D eigenvalue weighted by atomic mass is 32.2. The van der Waals surface area contributed by atoms with E-state index >= 15 is 0 Å². The summed E-state index contributed by atoms with van der Waals surface area (Å²) < 4.78 is 39.7. The maximum Gasteiger partial charge on any atom is 0.335 e. The van der Waals surface area contributed by atoms with Gasteiger partial charge >= 0.3 is 5.97 Å². The molecule has 6 nitrogen and oxygen atoms in total. The molecule has 1 aromatic rings. The third-order valence-electron chi connectivity index (χ3n) is 3.58. The minimum Gasteiger partial charge on any atom is -0.478 e. The average Bonchev–Trinajstić information content (AvgIpc) is 2.88. The van der Waals surface area contributed by atoms with Gasteiger partial charge in [0.25, 0.3) is 0 Å². The van der Waals surface area contributed by atoms with Crippen molar-refractivity contribution in [3.63, 3.8) is 0 Å². The summed E-state index contributed by atoms with van der Waals surface area (Å²) in [6.07, 6.45) is 1.09. The molecule has 0 spiro atoms. The molecule has 1 unspecified atom stereocenters. The zero-order chi connectivity index (χ0) is 15.6. The van der Waals surface area contributed by atoms with E-state index in [9.17, 15) is 17.6 Å². The quantitative estimate of drug-likeness (QED) is 0.842. The number of carboxylic acid groups (broad SMARTS) is 1. The summed E-state index contributed by atoms with van der Waals surface area (Å²) >= 11 is 0. The SMILES string of the molecule is O=C(O)c1ccc(F)c(S(=O)(=O)N2CCC(CCO)C2)c1. The Balaban J connectivity index is 2.32. The molecule has 0 aromatic heterocycles. The van der Waals surface area contributed by atoms with Crippen LogP contribution in [0.2, 0.25) is 0 Å². The normalized spacial score (nSPS) is 19.8. The topological polar surface area (TPSA) is 94.9 Å². The summed E-state index contributed by atoms with van der Waals surface area (Å²) in [5.74, 6) is -2.24. The van der Waals surface area contributed by atoms with Crippen LogP contribution in [0, 0.1) is 11.7 Å². The second kappa shape index (κ2) is 6.08. The van der Waals surface area contributed by atoms with E-state index in [4.69, 9.17) is 10.2 Å². The first-order chi connectivity index (χ1) is 9.86. The van der Waals surface area contributed by atoms with Crippen LogP contribution in [0.3, 0.4) is 0 Å². The molecular weight excluding hydrogens is 301 g/mol. The van der Waals surface area contributed by atoms with Gasteiger partial charge in [-0.05, 0) is 37.0 Å². The Hall–Kier alpha value is -1.51. The molecule has 1 atom stereocenters. The van der Waals surface area contributed by atoms with Crippen LogP contribution in [-0.4, -0.2) is 48.6 Å². The van der Waals surface area contributed by atoms with Crippen LogP contribution in [0.5, 0.6) is 0 Å². The first-order valence-electron chi connectivity index (χ1n) is 6.50. The van der Waals surface area contributed by atoms with Gasteiger partial charge in [0.2, 0.25) is 10.0 Å². The molecule has 2 rings (SSSR count). The van der Waals surface area contributed by atoms with E-state index in [0.29, 0.717) is 12.8 Å². The smallest absolute Gasteiger partial charge is 0.335 e. The Labute approximate surface area is 121 Å². The van der Waals surface area contributed by atoms with Gasteiger partial charge in [-0.2, -0.15) is 4.31 Å². The van der Waals surface area contributed by atoms with Crippen LogP contribution < -0.4 is 0 Å². The first-order valence-corrected chi connectivity index (χ1v) is 7.94. The first kappa shape index (κ1) is 15.9. The lowest BCUT2D eigenvalue weighted by Gasteiger charge is -2.17. The lowest BCUT2D eigenvalue weighted by atomic mass is 10.1. The van der Waals surface area contributed by atoms with E-state index < -0.39 is 26.7 Å². The van der Waals surface area contributed by atoms with Gasteiger partial charge in [0.15, 0.2) is 0 Å². The highest BCUT2D eigenvalue weighted by molar-refractivity contribution is 7.89. The van der Waals surface area contributed by atoms with Crippen LogP contribution in [0.15, 0.2) is 23.1 Å². The molecule has 0 aliphatic carbocycles. The molecule has 116 valence electrons. The summed E-state index contributed by atoms with van der Waals surface area (Å²) in [6.45, 7) is 0.421. The van der Waals surface area contributed by atoms with Crippen molar-refractivity contribution in [2.24, 2.45) is 5.92 Å². The van der Waals surface area contributed by atoms with E-state index in [2.05, 4.69) is 0 Å². The molecule has 0 radical (unpaired) electrons. The van der Waals surface area contributed by atoms with Gasteiger partial charge in [-0.3, -0.25) is 0 Å². The Morgan fingerprint density at radius 3 is 2.76 bits per heavy atom. The summed E-state index contributed by atoms with van der Waals surface area (Å²) in [6, 6.07) is 2.71. The van der Waals surface area contributed by atoms with Crippen LogP contribution in [-0.2, 0) is 10.0 Å². The minimum atomic E-state index is -4.06. The van der Waals surface area contributed by atoms with Crippen molar-refractivity contribution in [3.05, 3.63) is 29.6 Å². The number of aromatic carboxylic acids is 1. The summed E-state index contributed by atoms with van der Waals surface area (Å²) in [4.78, 5) is 10.3. The molecule has 1 heterocycles. The fraction of sp³-hybridized carbons (Fsp3) is 0.462. The number of halogens is 1. The number of carbonyl (C=O) groups is 1. The maximum absolute atomic E-state index is 13.8. The summed E-state index contributed by atoms with van der Waals surface area (Å²) in [7, 11) is -4.06. The van der Waals surface area contributed by atoms with Gasteiger partial charge in [0.1, 0.15) is 10.7 Å². The highest BCUT2D eigenvalue weighted by Gasteiger charge is 2.34. The molecule has 8 heteroatoms. The van der Waals surface area contributed by atoms with Crippen molar-refractivity contribution < 1.29 is 27.8 Å². The van der Waals surface area contributed by atoms with Gasteiger partial charge in [-0.15, -0.1) is 0 Å².